The van der Waals surface area contributed by atoms with Gasteiger partial charge in [-0.2, -0.15) is 4.99 Å². The van der Waals surface area contributed by atoms with Crippen molar-refractivity contribution in [2.24, 2.45) is 4.99 Å². The van der Waals surface area contributed by atoms with Gasteiger partial charge in [0, 0.05) is 50.8 Å². The number of amides is 1. The van der Waals surface area contributed by atoms with Gasteiger partial charge >= 0.3 is 12.1 Å². The molecule has 1 N–H and O–H groups in total. The molecule has 0 atom stereocenters. The normalized spacial score (nSPS) is 13.9. The Kier molecular flexibility index (Phi) is 19.5. The summed E-state index contributed by atoms with van der Waals surface area (Å²) in [5.74, 6) is 6.18. The second kappa shape index (κ2) is 25.2. The molecule has 0 spiro atoms. The van der Waals surface area contributed by atoms with Crippen LogP contribution in [0.25, 0.3) is 10.2 Å². The van der Waals surface area contributed by atoms with E-state index in [4.69, 9.17) is 39.1 Å². The van der Waals surface area contributed by atoms with Crippen LogP contribution in [-0.4, -0.2) is 128 Å². The van der Waals surface area contributed by atoms with Crippen LogP contribution in [0.2, 0.25) is 25.7 Å². The van der Waals surface area contributed by atoms with Crippen LogP contribution in [0.1, 0.15) is 79.4 Å². The van der Waals surface area contributed by atoms with E-state index in [1.165, 1.54) is 24.5 Å². The smallest absolute Gasteiger partial charge is 0.407 e. The zero-order valence-corrected chi connectivity index (χ0v) is 45.2. The maximum absolute atomic E-state index is 15.0. The molecule has 19 heteroatoms. The molecule has 6 rings (SSSR count). The van der Waals surface area contributed by atoms with Gasteiger partial charge in [0.05, 0.1) is 30.5 Å². The third-order valence-electron chi connectivity index (χ3n) is 11.3. The summed E-state index contributed by atoms with van der Waals surface area (Å²) in [4.78, 5) is 43.4. The Hall–Kier alpha value is -5.23. The van der Waals surface area contributed by atoms with Crippen molar-refractivity contribution in [1.29, 1.82) is 0 Å². The number of nitrogens with one attached hydrogen (secondary N) is 1. The summed E-state index contributed by atoms with van der Waals surface area (Å²) in [6.07, 6.45) is 3.96. The fourth-order valence-corrected chi connectivity index (χ4v) is 10.4. The minimum Gasteiger partial charge on any atom is -0.491 e. The lowest BCUT2D eigenvalue weighted by Gasteiger charge is -2.33. The van der Waals surface area contributed by atoms with Crippen LogP contribution < -0.4 is 19.8 Å². The lowest BCUT2D eigenvalue weighted by Crippen LogP contribution is -2.46. The highest BCUT2D eigenvalue weighted by Crippen LogP contribution is 2.34. The third kappa shape index (κ3) is 16.4. The number of methoxy groups -OCH3 is 1. The first kappa shape index (κ1) is 54.1. The number of aryl methyl sites for hydroxylation is 2. The van der Waals surface area contributed by atoms with E-state index in [1.807, 2.05) is 69.8 Å². The van der Waals surface area contributed by atoms with Gasteiger partial charge in [-0.15, -0.1) is 21.5 Å². The first-order valence-corrected chi connectivity index (χ1v) is 29.4. The van der Waals surface area contributed by atoms with Crippen LogP contribution >= 0.6 is 22.7 Å². The number of aromatic nitrogens is 4. The topological polar surface area (TPSA) is 149 Å². The Bertz CT molecular complexity index is 2670. The molecule has 0 bridgehead atoms. The van der Waals surface area contributed by atoms with E-state index >= 15 is 0 Å². The molecule has 1 aliphatic rings. The van der Waals surface area contributed by atoms with Gasteiger partial charge in [0.2, 0.25) is 0 Å². The van der Waals surface area contributed by atoms with Gasteiger partial charge in [0.15, 0.2) is 38.8 Å². The number of para-hydroxylation sites is 1. The number of likely N-dealkylation sites (tertiary alicyclic amines) is 1. The van der Waals surface area contributed by atoms with Crippen LogP contribution in [-0.2, 0) is 27.4 Å². The molecule has 3 aromatic heterocycles. The first-order valence-electron chi connectivity index (χ1n) is 24.0. The number of carbonyl (C=O) groups is 2. The van der Waals surface area contributed by atoms with E-state index in [0.717, 1.165) is 76.8 Å². The van der Waals surface area contributed by atoms with Gasteiger partial charge < -0.3 is 34.1 Å². The van der Waals surface area contributed by atoms with Gasteiger partial charge in [0.25, 0.3) is 0 Å². The highest BCUT2D eigenvalue weighted by molar-refractivity contribution is 7.16. The number of anilines is 2. The highest BCUT2D eigenvalue weighted by Gasteiger charge is 2.26. The molecule has 1 amide bonds. The Balaban J connectivity index is 1.20. The Labute approximate surface area is 421 Å². The number of halogens is 1. The molecular weight excluding hydrogens is 946 g/mol. The van der Waals surface area contributed by atoms with E-state index in [-0.39, 0.29) is 30.2 Å². The molecule has 0 aliphatic carbocycles. The maximum atomic E-state index is 15.0. The van der Waals surface area contributed by atoms with Gasteiger partial charge in [0.1, 0.15) is 12.3 Å². The number of thiazole rings is 2. The Morgan fingerprint density at radius 1 is 1.01 bits per heavy atom. The minimum absolute atomic E-state index is 0.0796. The number of nitrogens with zero attached hydrogens (tertiary/aromatic N) is 8. The van der Waals surface area contributed by atoms with Gasteiger partial charge in [-0.3, -0.25) is 9.47 Å². The van der Waals surface area contributed by atoms with Crippen LogP contribution in [0.4, 0.5) is 26.0 Å². The Morgan fingerprint density at radius 3 is 2.49 bits per heavy atom. The molecule has 15 nitrogen and oxygen atoms in total. The third-order valence-corrected chi connectivity index (χ3v) is 15.2. The number of hydrogen-bond acceptors (Lipinski definition) is 15. The molecule has 1 fully saturated rings. The van der Waals surface area contributed by atoms with E-state index in [9.17, 15) is 14.0 Å². The SMILES string of the molecule is COC(=O)c1nc(N(CCCCN2CCC(NC(=O)OC(C)(C)C)CC2)c2cc(C)c(N=c3sc4ccccc4n3COCC[Si](C)(C)C)nn2)sc1CCCOc1ccc(C#CCN(C)C)cc1F. The predicted octanol–water partition coefficient (Wildman–Crippen LogP) is 9.56. The predicted molar refractivity (Wildman–Crippen MR) is 280 cm³/mol. The van der Waals surface area contributed by atoms with Crippen molar-refractivity contribution in [2.75, 3.05) is 72.0 Å². The highest BCUT2D eigenvalue weighted by atomic mass is 32.1. The van der Waals surface area contributed by atoms with Crippen LogP contribution in [0.5, 0.6) is 5.75 Å². The number of hydrogen-bond donors (Lipinski definition) is 1. The molecule has 70 heavy (non-hydrogen) atoms. The molecule has 2 aromatic carbocycles. The zero-order chi connectivity index (χ0) is 50.4. The van der Waals surface area contributed by atoms with Crippen molar-refractivity contribution in [2.45, 2.75) is 110 Å². The lowest BCUT2D eigenvalue weighted by atomic mass is 10.0. The van der Waals surface area contributed by atoms with Crippen LogP contribution in [0.15, 0.2) is 53.5 Å². The minimum atomic E-state index is -1.27. The number of unbranched alkanes of at least 4 members (excludes halogenated alkanes) is 1. The maximum Gasteiger partial charge on any atom is 0.407 e. The number of fused-ring (bicyclic) bond motifs is 1. The first-order chi connectivity index (χ1) is 33.4. The zero-order valence-electron chi connectivity index (χ0n) is 42.5. The molecule has 0 saturated carbocycles. The van der Waals surface area contributed by atoms with E-state index in [1.54, 1.807) is 23.5 Å². The summed E-state index contributed by atoms with van der Waals surface area (Å²) in [5.41, 5.74) is 2.13. The molecule has 1 aliphatic heterocycles. The fraction of sp³-hybridized carbons (Fsp3) is 0.529. The lowest BCUT2D eigenvalue weighted by molar-refractivity contribution is 0.0478. The molecule has 378 valence electrons. The monoisotopic (exact) mass is 1020 g/mol. The molecule has 4 heterocycles. The van der Waals surface area contributed by atoms with Crippen LogP contribution in [0.3, 0.4) is 0 Å². The summed E-state index contributed by atoms with van der Waals surface area (Å²) in [5, 5.41) is 13.1. The second-order valence-corrected chi connectivity index (χ2v) is 27.7. The molecule has 0 unspecified atom stereocenters. The summed E-state index contributed by atoms with van der Waals surface area (Å²) >= 11 is 2.98. The second-order valence-electron chi connectivity index (χ2n) is 20.0. The van der Waals surface area contributed by atoms with E-state index < -0.39 is 25.5 Å². The fourth-order valence-electron chi connectivity index (χ4n) is 7.54. The van der Waals surface area contributed by atoms with Gasteiger partial charge in [-0.05, 0) is 135 Å². The van der Waals surface area contributed by atoms with E-state index in [0.29, 0.717) is 61.6 Å². The largest absolute Gasteiger partial charge is 0.491 e. The van der Waals surface area contributed by atoms with Crippen molar-refractivity contribution >= 4 is 69.8 Å². The molecule has 5 aromatic rings. The van der Waals surface area contributed by atoms with Crippen LogP contribution in [0, 0.1) is 24.6 Å². The van der Waals surface area contributed by atoms with Gasteiger partial charge in [-0.25, -0.2) is 19.0 Å². The van der Waals surface area contributed by atoms with E-state index in [2.05, 4.69) is 58.4 Å². The number of rotatable bonds is 21. The van der Waals surface area contributed by atoms with Crippen molar-refractivity contribution in [3.63, 3.8) is 0 Å². The number of carbonyl (C=O) groups excluding carboxylic acids is 2. The molecular formula is C51H70FN9O6S2Si. The van der Waals surface area contributed by atoms with Crippen molar-refractivity contribution < 1.29 is 32.9 Å². The number of alkyl carbamates (subject to hydrolysis) is 1. The average Bonchev–Trinajstić information content (AvgIpc) is 3.88. The quantitative estimate of drug-likeness (QED) is 0.0323. The molecule has 1 saturated heterocycles. The van der Waals surface area contributed by atoms with Gasteiger partial charge in [-0.1, -0.05) is 55.0 Å². The summed E-state index contributed by atoms with van der Waals surface area (Å²) in [6, 6.07) is 16.0. The Morgan fingerprint density at radius 2 is 1.79 bits per heavy atom. The number of esters is 1. The average molecular weight is 1020 g/mol. The van der Waals surface area contributed by atoms with Crippen molar-refractivity contribution in [3.8, 4) is 17.6 Å². The number of piperidine rings is 1. The summed E-state index contributed by atoms with van der Waals surface area (Å²) < 4.78 is 40.9. The number of ether oxygens (including phenoxy) is 4. The number of benzene rings is 2. The molecule has 0 radical (unpaired) electrons. The van der Waals surface area contributed by atoms with Crippen molar-refractivity contribution in [1.82, 2.24) is 34.9 Å². The summed E-state index contributed by atoms with van der Waals surface area (Å²) in [6.45, 7) is 19.6. The summed E-state index contributed by atoms with van der Waals surface area (Å²) in [7, 11) is 3.93. The standard InChI is InChI=1S/C51H70FN9O6S2Si/c1-36-33-44(56-57-46(36)55-49-61(35-65-31-32-70(8,9)10)40-18-11-12-19-42(40)68-49)60(27-14-13-26-59-28-23-38(24-29-59)53-50(63)67-51(2,3)4)48-54-45(47(62)64-7)43(69-48)20-16-30-66-41-22-21-37(34-39(41)52)17-15-25-58(5)6/h11-12,18-19,21-22,33-34,38H,13-14,16,20,23-32,35H2,1-10H3,(H,53,63). The van der Waals surface area contributed by atoms with Crippen molar-refractivity contribution in [3.05, 3.63) is 80.8 Å².